The molecule has 4 N–H and O–H groups in total. The summed E-state index contributed by atoms with van der Waals surface area (Å²) in [7, 11) is 0. The molecule has 0 bridgehead atoms. The van der Waals surface area contributed by atoms with E-state index in [-0.39, 0.29) is 28.2 Å². The molecular weight excluding hydrogens is 396 g/mol. The zero-order valence-electron chi connectivity index (χ0n) is 14.7. The summed E-state index contributed by atoms with van der Waals surface area (Å²) in [5.41, 5.74) is 6.40. The summed E-state index contributed by atoms with van der Waals surface area (Å²) in [4.78, 5) is 48.9. The van der Waals surface area contributed by atoms with Crippen LogP contribution in [0.4, 0.5) is 11.5 Å². The van der Waals surface area contributed by atoms with Gasteiger partial charge in [0.1, 0.15) is 5.82 Å². The van der Waals surface area contributed by atoms with E-state index in [0.29, 0.717) is 10.7 Å². The summed E-state index contributed by atoms with van der Waals surface area (Å²) in [6.45, 7) is 0. The minimum Gasteiger partial charge on any atom is -0.384 e. The number of nitrogen functional groups attached to an aromatic ring is 1. The molecule has 3 amide bonds. The number of rotatable bonds is 3. The van der Waals surface area contributed by atoms with Gasteiger partial charge in [0, 0.05) is 22.3 Å². The number of carbonyl (C=O) groups excluding carboxylic acids is 3. The molecule has 1 aromatic heterocycles. The lowest BCUT2D eigenvalue weighted by Crippen LogP contribution is -2.24. The Hall–Kier alpha value is -3.91. The third-order valence-corrected chi connectivity index (χ3v) is 4.67. The molecule has 0 atom stereocenters. The Morgan fingerprint density at radius 2 is 1.72 bits per heavy atom. The van der Waals surface area contributed by atoms with Crippen LogP contribution in [0.25, 0.3) is 5.69 Å². The van der Waals surface area contributed by atoms with Gasteiger partial charge in [0.25, 0.3) is 23.3 Å². The zero-order valence-corrected chi connectivity index (χ0v) is 15.5. The summed E-state index contributed by atoms with van der Waals surface area (Å²) in [5.74, 6) is -1.93. The Bertz CT molecular complexity index is 1250. The summed E-state index contributed by atoms with van der Waals surface area (Å²) in [6.07, 6.45) is 0. The number of benzene rings is 2. The largest absolute Gasteiger partial charge is 0.384 e. The molecule has 1 aliphatic heterocycles. The average Bonchev–Trinajstić information content (AvgIpc) is 2.97. The van der Waals surface area contributed by atoms with Gasteiger partial charge in [-0.15, -0.1) is 0 Å². The van der Waals surface area contributed by atoms with Crippen molar-refractivity contribution in [1.29, 1.82) is 0 Å². The normalized spacial score (nSPS) is 12.4. The number of nitrogens with one attached hydrogen (secondary N) is 2. The first-order valence-electron chi connectivity index (χ1n) is 8.44. The van der Waals surface area contributed by atoms with Crippen molar-refractivity contribution in [1.82, 2.24) is 9.88 Å². The van der Waals surface area contributed by atoms with E-state index >= 15 is 0 Å². The van der Waals surface area contributed by atoms with Gasteiger partial charge in [0.05, 0.1) is 16.8 Å². The van der Waals surface area contributed by atoms with Crippen molar-refractivity contribution in [2.45, 2.75) is 0 Å². The van der Waals surface area contributed by atoms with Crippen LogP contribution in [0.15, 0.2) is 59.4 Å². The minimum atomic E-state index is -0.673. The number of aromatic nitrogens is 1. The molecule has 0 spiro atoms. The number of amides is 3. The number of nitrogens with zero attached hydrogens (tertiary/aromatic N) is 1. The summed E-state index contributed by atoms with van der Waals surface area (Å²) < 4.78 is 1.08. The fraction of sp³-hybridized carbons (Fsp3) is 0. The number of carbonyl (C=O) groups is 3. The van der Waals surface area contributed by atoms with E-state index in [9.17, 15) is 19.2 Å². The molecule has 8 nitrogen and oxygen atoms in total. The molecule has 3 aromatic rings. The van der Waals surface area contributed by atoms with Crippen LogP contribution in [0.2, 0.25) is 5.02 Å². The van der Waals surface area contributed by atoms with Gasteiger partial charge in [-0.2, -0.15) is 0 Å². The molecule has 2 aromatic carbocycles. The Morgan fingerprint density at radius 1 is 1.00 bits per heavy atom. The fourth-order valence-electron chi connectivity index (χ4n) is 3.07. The molecule has 0 aliphatic carbocycles. The lowest BCUT2D eigenvalue weighted by atomic mass is 10.1. The van der Waals surface area contributed by atoms with Gasteiger partial charge >= 0.3 is 0 Å². The van der Waals surface area contributed by atoms with Crippen molar-refractivity contribution < 1.29 is 14.4 Å². The van der Waals surface area contributed by atoms with Crippen LogP contribution in [0.5, 0.6) is 0 Å². The van der Waals surface area contributed by atoms with E-state index in [1.165, 1.54) is 6.07 Å². The third kappa shape index (κ3) is 3.26. The smallest absolute Gasteiger partial charge is 0.262 e. The van der Waals surface area contributed by atoms with Gasteiger partial charge in [-0.1, -0.05) is 17.7 Å². The van der Waals surface area contributed by atoms with Gasteiger partial charge in [0.2, 0.25) is 0 Å². The van der Waals surface area contributed by atoms with Crippen molar-refractivity contribution in [2.75, 3.05) is 11.1 Å². The standard InChI is InChI=1S/C20H13ClN4O4/c21-11-4-6-12(7-5-11)23-18(27)10-2-1-3-13(8-10)25-15(26)9-14-16(17(25)22)20(29)24-19(14)28/h1-9H,22H2,(H,23,27)(H,24,28,29). The van der Waals surface area contributed by atoms with Crippen molar-refractivity contribution in [3.63, 3.8) is 0 Å². The number of hydrogen-bond donors (Lipinski definition) is 3. The lowest BCUT2D eigenvalue weighted by molar-refractivity contribution is 0.0879. The van der Waals surface area contributed by atoms with Crippen LogP contribution in [0.1, 0.15) is 31.1 Å². The van der Waals surface area contributed by atoms with Crippen LogP contribution in [0, 0.1) is 0 Å². The molecule has 2 heterocycles. The molecule has 29 heavy (non-hydrogen) atoms. The van der Waals surface area contributed by atoms with Crippen LogP contribution < -0.4 is 21.9 Å². The van der Waals surface area contributed by atoms with Gasteiger partial charge < -0.3 is 11.1 Å². The molecule has 1 aliphatic rings. The van der Waals surface area contributed by atoms with Crippen LogP contribution >= 0.6 is 11.6 Å². The number of pyridine rings is 1. The Kier molecular flexibility index (Phi) is 4.40. The molecule has 0 fully saturated rings. The van der Waals surface area contributed by atoms with Crippen molar-refractivity contribution in [2.24, 2.45) is 0 Å². The number of imide groups is 1. The molecule has 0 saturated heterocycles. The maximum atomic E-state index is 12.6. The maximum Gasteiger partial charge on any atom is 0.262 e. The second kappa shape index (κ2) is 6.92. The van der Waals surface area contributed by atoms with E-state index in [0.717, 1.165) is 10.6 Å². The van der Waals surface area contributed by atoms with Crippen LogP contribution in [-0.4, -0.2) is 22.3 Å². The highest BCUT2D eigenvalue weighted by Gasteiger charge is 2.31. The number of nitrogens with two attached hydrogens (primary N) is 1. The number of hydrogen-bond acceptors (Lipinski definition) is 5. The molecular formula is C20H13ClN4O4. The van der Waals surface area contributed by atoms with Gasteiger partial charge in [0.15, 0.2) is 0 Å². The first kappa shape index (κ1) is 18.5. The fourth-order valence-corrected chi connectivity index (χ4v) is 3.19. The number of fused-ring (bicyclic) bond motifs is 1. The Morgan fingerprint density at radius 3 is 2.45 bits per heavy atom. The van der Waals surface area contributed by atoms with E-state index in [1.54, 1.807) is 42.5 Å². The van der Waals surface area contributed by atoms with Gasteiger partial charge in [-0.25, -0.2) is 0 Å². The van der Waals surface area contributed by atoms with E-state index in [4.69, 9.17) is 17.3 Å². The third-order valence-electron chi connectivity index (χ3n) is 4.42. The monoisotopic (exact) mass is 408 g/mol. The quantitative estimate of drug-likeness (QED) is 0.573. The zero-order chi connectivity index (χ0) is 20.7. The predicted octanol–water partition coefficient (Wildman–Crippen LogP) is 2.21. The summed E-state index contributed by atoms with van der Waals surface area (Å²) in [6, 6.07) is 13.8. The first-order valence-corrected chi connectivity index (χ1v) is 8.81. The SMILES string of the molecule is Nc1c2c(cc(=O)n1-c1cccc(C(=O)Nc3ccc(Cl)cc3)c1)C(=O)NC2=O. The highest BCUT2D eigenvalue weighted by Crippen LogP contribution is 2.23. The topological polar surface area (TPSA) is 123 Å². The lowest BCUT2D eigenvalue weighted by Gasteiger charge is -2.13. The maximum absolute atomic E-state index is 12.6. The first-order chi connectivity index (χ1) is 13.8. The minimum absolute atomic E-state index is 0.0642. The molecule has 0 saturated carbocycles. The van der Waals surface area contributed by atoms with E-state index in [1.807, 2.05) is 0 Å². The Balaban J connectivity index is 1.73. The average molecular weight is 409 g/mol. The van der Waals surface area contributed by atoms with Crippen LogP contribution in [-0.2, 0) is 0 Å². The van der Waals surface area contributed by atoms with Gasteiger partial charge in [-0.3, -0.25) is 29.1 Å². The molecule has 4 rings (SSSR count). The number of anilines is 2. The molecule has 0 unspecified atom stereocenters. The van der Waals surface area contributed by atoms with Gasteiger partial charge in [-0.05, 0) is 42.5 Å². The predicted molar refractivity (Wildman–Crippen MR) is 108 cm³/mol. The summed E-state index contributed by atoms with van der Waals surface area (Å²) in [5, 5.41) is 5.37. The molecule has 9 heteroatoms. The summed E-state index contributed by atoms with van der Waals surface area (Å²) >= 11 is 5.84. The molecule has 144 valence electrons. The van der Waals surface area contributed by atoms with Crippen molar-refractivity contribution in [3.8, 4) is 5.69 Å². The second-order valence-corrected chi connectivity index (χ2v) is 6.72. The highest BCUT2D eigenvalue weighted by molar-refractivity contribution is 6.30. The van der Waals surface area contributed by atoms with E-state index in [2.05, 4.69) is 10.6 Å². The highest BCUT2D eigenvalue weighted by atomic mass is 35.5. The molecule has 0 radical (unpaired) electrons. The van der Waals surface area contributed by atoms with Crippen molar-refractivity contribution >= 4 is 40.8 Å². The second-order valence-electron chi connectivity index (χ2n) is 6.29. The van der Waals surface area contributed by atoms with Crippen molar-refractivity contribution in [3.05, 3.63) is 86.7 Å². The van der Waals surface area contributed by atoms with Crippen LogP contribution in [0.3, 0.4) is 0 Å². The Labute approximate surface area is 168 Å². The number of halogens is 1. The van der Waals surface area contributed by atoms with E-state index < -0.39 is 23.3 Å².